The molecule has 0 aliphatic carbocycles. The van der Waals surface area contributed by atoms with Crippen LogP contribution in [0.4, 0.5) is 5.69 Å². The molecule has 3 aromatic rings. The Morgan fingerprint density at radius 2 is 1.68 bits per heavy atom. The van der Waals surface area contributed by atoms with Gasteiger partial charge in [-0.25, -0.2) is 13.8 Å². The summed E-state index contributed by atoms with van der Waals surface area (Å²) < 4.78 is 44.3. The van der Waals surface area contributed by atoms with Gasteiger partial charge in [0.2, 0.25) is 0 Å². The number of sulfonamides is 1. The summed E-state index contributed by atoms with van der Waals surface area (Å²) in [6, 6.07) is 19.8. The van der Waals surface area contributed by atoms with Gasteiger partial charge in [0.15, 0.2) is 0 Å². The molecule has 0 atom stereocenters. The van der Waals surface area contributed by atoms with E-state index in [2.05, 4.69) is 17.5 Å². The van der Waals surface area contributed by atoms with Crippen molar-refractivity contribution < 1.29 is 27.4 Å². The summed E-state index contributed by atoms with van der Waals surface area (Å²) in [4.78, 5) is 12.8. The van der Waals surface area contributed by atoms with Crippen LogP contribution >= 0.6 is 0 Å². The third-order valence-electron chi connectivity index (χ3n) is 5.32. The molecule has 0 bridgehead atoms. The summed E-state index contributed by atoms with van der Waals surface area (Å²) in [5.74, 6) is 0.836. The minimum absolute atomic E-state index is 0.0328. The van der Waals surface area contributed by atoms with Crippen molar-refractivity contribution >= 4 is 27.8 Å². The predicted octanol–water partition coefficient (Wildman–Crippen LogP) is 4.23. The molecular formula is C27H31N3O6S. The highest BCUT2D eigenvalue weighted by atomic mass is 32.2. The van der Waals surface area contributed by atoms with Crippen LogP contribution in [0, 0.1) is 0 Å². The van der Waals surface area contributed by atoms with Crippen molar-refractivity contribution in [2.45, 2.75) is 24.7 Å². The first-order chi connectivity index (χ1) is 17.9. The molecule has 0 saturated carbocycles. The smallest absolute Gasteiger partial charge is 0.264 e. The Morgan fingerprint density at radius 3 is 2.32 bits per heavy atom. The summed E-state index contributed by atoms with van der Waals surface area (Å²) in [5.41, 5.74) is 3.33. The molecule has 196 valence electrons. The van der Waals surface area contributed by atoms with Crippen LogP contribution in [-0.2, 0) is 14.8 Å². The number of carbonyl (C=O) groups excluding carboxylic acids is 1. The molecule has 0 heterocycles. The Kier molecular flexibility index (Phi) is 9.91. The third kappa shape index (κ3) is 7.47. The van der Waals surface area contributed by atoms with Gasteiger partial charge < -0.3 is 14.2 Å². The third-order valence-corrected chi connectivity index (χ3v) is 7.10. The summed E-state index contributed by atoms with van der Waals surface area (Å²) in [7, 11) is -1.20. The van der Waals surface area contributed by atoms with Gasteiger partial charge in [0.05, 0.1) is 37.6 Å². The van der Waals surface area contributed by atoms with Crippen LogP contribution in [-0.4, -0.2) is 47.9 Å². The van der Waals surface area contributed by atoms with E-state index in [1.807, 2.05) is 24.3 Å². The molecule has 37 heavy (non-hydrogen) atoms. The van der Waals surface area contributed by atoms with Crippen molar-refractivity contribution in [3.8, 4) is 17.2 Å². The van der Waals surface area contributed by atoms with E-state index in [1.54, 1.807) is 30.3 Å². The van der Waals surface area contributed by atoms with E-state index in [9.17, 15) is 13.2 Å². The number of rotatable bonds is 13. The number of hydrogen-bond acceptors (Lipinski definition) is 7. The van der Waals surface area contributed by atoms with E-state index in [0.717, 1.165) is 28.5 Å². The summed E-state index contributed by atoms with van der Waals surface area (Å²) in [6.07, 6.45) is 3.51. The molecule has 0 unspecified atom stereocenters. The highest BCUT2D eigenvalue weighted by Crippen LogP contribution is 2.35. The van der Waals surface area contributed by atoms with Gasteiger partial charge in [-0.05, 0) is 60.5 Å². The first-order valence-corrected chi connectivity index (χ1v) is 13.2. The average Bonchev–Trinajstić information content (AvgIpc) is 2.93. The Bertz CT molecular complexity index is 1300. The minimum atomic E-state index is -4.11. The summed E-state index contributed by atoms with van der Waals surface area (Å²) in [5, 5.41) is 3.98. The van der Waals surface area contributed by atoms with Gasteiger partial charge in [-0.3, -0.25) is 9.10 Å². The van der Waals surface area contributed by atoms with Crippen LogP contribution in [0.3, 0.4) is 0 Å². The van der Waals surface area contributed by atoms with Gasteiger partial charge in [0.1, 0.15) is 23.8 Å². The molecule has 10 heteroatoms. The number of hydrazone groups is 1. The van der Waals surface area contributed by atoms with Crippen LogP contribution in [0.2, 0.25) is 0 Å². The van der Waals surface area contributed by atoms with Crippen LogP contribution < -0.4 is 23.9 Å². The number of ether oxygens (including phenoxy) is 3. The first-order valence-electron chi connectivity index (χ1n) is 11.7. The number of hydrogen-bond donors (Lipinski definition) is 1. The molecule has 3 aromatic carbocycles. The maximum absolute atomic E-state index is 13.5. The van der Waals surface area contributed by atoms with Crippen LogP contribution in [0.5, 0.6) is 17.2 Å². The van der Waals surface area contributed by atoms with Gasteiger partial charge in [-0.15, -0.1) is 0 Å². The van der Waals surface area contributed by atoms with Crippen molar-refractivity contribution in [1.82, 2.24) is 5.43 Å². The average molecular weight is 526 g/mol. The number of nitrogens with zero attached hydrogens (tertiary/aromatic N) is 2. The number of methoxy groups -OCH3 is 2. The van der Waals surface area contributed by atoms with Gasteiger partial charge >= 0.3 is 0 Å². The second-order valence-corrected chi connectivity index (χ2v) is 9.79. The highest BCUT2D eigenvalue weighted by Gasteiger charge is 2.29. The standard InChI is InChI=1S/C27H31N3O6S/c1-4-5-17-36-22-13-11-21(12-14-22)19-28-29-27(31)20-30(37(32,33)24-9-7-6-8-10-24)25-16-15-23(34-2)18-26(25)35-3/h6-16,18-19H,4-5,17,20H2,1-3H3,(H,29,31)/b28-19-. The topological polar surface area (TPSA) is 107 Å². The maximum Gasteiger partial charge on any atom is 0.264 e. The minimum Gasteiger partial charge on any atom is -0.497 e. The van der Waals surface area contributed by atoms with E-state index < -0.39 is 22.5 Å². The summed E-state index contributed by atoms with van der Waals surface area (Å²) >= 11 is 0. The fourth-order valence-corrected chi connectivity index (χ4v) is 4.79. The SMILES string of the molecule is CCCCOc1ccc(/C=N\NC(=O)CN(c2ccc(OC)cc2OC)S(=O)(=O)c2ccccc2)cc1. The lowest BCUT2D eigenvalue weighted by Crippen LogP contribution is -2.39. The van der Waals surface area contributed by atoms with Crippen LogP contribution in [0.1, 0.15) is 25.3 Å². The monoisotopic (exact) mass is 525 g/mol. The fraction of sp³-hybridized carbons (Fsp3) is 0.259. The molecule has 1 N–H and O–H groups in total. The molecule has 0 fully saturated rings. The lowest BCUT2D eigenvalue weighted by molar-refractivity contribution is -0.119. The van der Waals surface area contributed by atoms with E-state index in [4.69, 9.17) is 14.2 Å². The molecule has 0 spiro atoms. The second-order valence-electron chi connectivity index (χ2n) is 7.93. The molecule has 0 aromatic heterocycles. The van der Waals surface area contributed by atoms with Gasteiger partial charge in [-0.2, -0.15) is 5.10 Å². The van der Waals surface area contributed by atoms with E-state index in [-0.39, 0.29) is 16.3 Å². The Labute approximate surface area is 217 Å². The number of unbranched alkanes of at least 4 members (excludes halogenated alkanes) is 1. The van der Waals surface area contributed by atoms with Crippen molar-refractivity contribution in [1.29, 1.82) is 0 Å². The maximum atomic E-state index is 13.5. The van der Waals surface area contributed by atoms with Gasteiger partial charge in [0, 0.05) is 6.07 Å². The quantitative estimate of drug-likeness (QED) is 0.203. The molecule has 3 rings (SSSR count). The fourth-order valence-electron chi connectivity index (χ4n) is 3.34. The van der Waals surface area contributed by atoms with Crippen molar-refractivity contribution in [2.24, 2.45) is 5.10 Å². The lowest BCUT2D eigenvalue weighted by atomic mass is 10.2. The second kappa shape index (κ2) is 13.3. The number of amides is 1. The molecule has 0 saturated heterocycles. The number of carbonyl (C=O) groups is 1. The molecular weight excluding hydrogens is 494 g/mol. The lowest BCUT2D eigenvalue weighted by Gasteiger charge is -2.25. The summed E-state index contributed by atoms with van der Waals surface area (Å²) in [6.45, 7) is 2.23. The molecule has 9 nitrogen and oxygen atoms in total. The van der Waals surface area contributed by atoms with Crippen LogP contribution in [0.25, 0.3) is 0 Å². The normalized spacial score (nSPS) is 11.2. The Morgan fingerprint density at radius 1 is 0.973 bits per heavy atom. The molecule has 1 amide bonds. The van der Waals surface area contributed by atoms with Crippen molar-refractivity contribution in [3.63, 3.8) is 0 Å². The van der Waals surface area contributed by atoms with Gasteiger partial charge in [0.25, 0.3) is 15.9 Å². The van der Waals surface area contributed by atoms with Gasteiger partial charge in [-0.1, -0.05) is 31.5 Å². The van der Waals surface area contributed by atoms with E-state index in [0.29, 0.717) is 12.4 Å². The predicted molar refractivity (Wildman–Crippen MR) is 143 cm³/mol. The highest BCUT2D eigenvalue weighted by molar-refractivity contribution is 7.92. The van der Waals surface area contributed by atoms with Crippen LogP contribution in [0.15, 0.2) is 82.8 Å². The number of nitrogens with one attached hydrogen (secondary N) is 1. The van der Waals surface area contributed by atoms with E-state index in [1.165, 1.54) is 38.6 Å². The van der Waals surface area contributed by atoms with E-state index >= 15 is 0 Å². The molecule has 0 aliphatic heterocycles. The number of benzene rings is 3. The Balaban J connectivity index is 1.78. The molecule has 0 radical (unpaired) electrons. The zero-order chi connectivity index (χ0) is 26.7. The number of anilines is 1. The first kappa shape index (κ1) is 27.5. The molecule has 0 aliphatic rings. The largest absolute Gasteiger partial charge is 0.497 e. The zero-order valence-electron chi connectivity index (χ0n) is 21.1. The zero-order valence-corrected chi connectivity index (χ0v) is 21.9. The van der Waals surface area contributed by atoms with Crippen molar-refractivity contribution in [3.05, 3.63) is 78.4 Å². The Hall–Kier alpha value is -4.05. The van der Waals surface area contributed by atoms with Crippen molar-refractivity contribution in [2.75, 3.05) is 31.7 Å².